The molecule has 45 heavy (non-hydrogen) atoms. The fourth-order valence-corrected chi connectivity index (χ4v) is 5.34. The molecule has 14 nitrogen and oxygen atoms in total. The second-order valence-electron chi connectivity index (χ2n) is 11.1. The molecule has 1 fully saturated rings. The summed E-state index contributed by atoms with van der Waals surface area (Å²) in [4.78, 5) is 7.43. The first kappa shape index (κ1) is 29.7. The Morgan fingerprint density at radius 3 is 1.82 bits per heavy atom. The van der Waals surface area contributed by atoms with Crippen molar-refractivity contribution in [1.29, 1.82) is 0 Å². The number of aromatic nitrogens is 8. The van der Waals surface area contributed by atoms with Gasteiger partial charge in [0, 0.05) is 49.8 Å². The van der Waals surface area contributed by atoms with Crippen LogP contribution in [0.15, 0.2) is 70.9 Å². The van der Waals surface area contributed by atoms with Crippen LogP contribution in [0.2, 0.25) is 0 Å². The number of rotatable bonds is 9. The highest BCUT2D eigenvalue weighted by molar-refractivity contribution is 5.82. The quantitative estimate of drug-likeness (QED) is 0.188. The van der Waals surface area contributed by atoms with Gasteiger partial charge >= 0.3 is 0 Å². The zero-order valence-corrected chi connectivity index (χ0v) is 25.3. The van der Waals surface area contributed by atoms with Crippen LogP contribution >= 0.6 is 0 Å². The van der Waals surface area contributed by atoms with E-state index in [2.05, 4.69) is 70.2 Å². The van der Waals surface area contributed by atoms with Crippen molar-refractivity contribution < 1.29 is 10.2 Å². The summed E-state index contributed by atoms with van der Waals surface area (Å²) in [6.45, 7) is 8.37. The zero-order valence-electron chi connectivity index (χ0n) is 25.3. The highest BCUT2D eigenvalue weighted by atomic mass is 16.3. The third kappa shape index (κ3) is 6.92. The number of benzene rings is 3. The molecule has 1 saturated heterocycles. The normalized spacial score (nSPS) is 14.8. The van der Waals surface area contributed by atoms with E-state index >= 15 is 0 Å². The Morgan fingerprint density at radius 1 is 0.756 bits per heavy atom. The van der Waals surface area contributed by atoms with Gasteiger partial charge in [0.2, 0.25) is 0 Å². The standard InChI is InChI=1S/C31H34N12O2/c1-21-34-36-38-42(21)32-18-23-7-9-29(44)27(16-23)31(26-6-4-5-25(15-26)20-41-13-11-40(3)12-14-41)28-17-24(8-10-30(28)45)19-33-43-22(2)35-37-39-43/h4-10,15-19,31,44-45H,11-14,20H2,1-3H3/b32-18+,33-19+. The van der Waals surface area contributed by atoms with E-state index in [9.17, 15) is 10.2 Å². The Morgan fingerprint density at radius 2 is 1.31 bits per heavy atom. The first-order chi connectivity index (χ1) is 21.8. The maximum Gasteiger partial charge on any atom is 0.173 e. The molecule has 0 spiro atoms. The molecule has 0 radical (unpaired) electrons. The van der Waals surface area contributed by atoms with Crippen LogP contribution in [0, 0.1) is 13.8 Å². The largest absolute Gasteiger partial charge is 0.508 e. The molecule has 0 unspecified atom stereocenters. The van der Waals surface area contributed by atoms with Crippen molar-refractivity contribution >= 4 is 12.4 Å². The van der Waals surface area contributed by atoms with Crippen LogP contribution in [0.5, 0.6) is 11.5 Å². The molecule has 0 bridgehead atoms. The molecule has 5 aromatic rings. The number of phenolic OH excluding ortho intramolecular Hbond substituents is 2. The number of tetrazole rings is 2. The predicted octanol–water partition coefficient (Wildman–Crippen LogP) is 2.38. The summed E-state index contributed by atoms with van der Waals surface area (Å²) < 4.78 is 0. The van der Waals surface area contributed by atoms with Gasteiger partial charge in [-0.15, -0.1) is 19.8 Å². The Hall–Kier alpha value is -5.34. The van der Waals surface area contributed by atoms with Gasteiger partial charge in [-0.3, -0.25) is 4.90 Å². The second-order valence-corrected chi connectivity index (χ2v) is 11.1. The maximum atomic E-state index is 11.3. The van der Waals surface area contributed by atoms with Crippen molar-refractivity contribution in [2.75, 3.05) is 33.2 Å². The van der Waals surface area contributed by atoms with E-state index in [0.29, 0.717) is 22.8 Å². The summed E-state index contributed by atoms with van der Waals surface area (Å²) in [7, 11) is 2.15. The van der Waals surface area contributed by atoms with Crippen molar-refractivity contribution in [2.24, 2.45) is 10.2 Å². The highest BCUT2D eigenvalue weighted by Crippen LogP contribution is 2.41. The molecular formula is C31H34N12O2. The monoisotopic (exact) mass is 606 g/mol. The summed E-state index contributed by atoms with van der Waals surface area (Å²) in [5.74, 6) is 0.732. The fraction of sp³-hybridized carbons (Fsp3) is 0.290. The van der Waals surface area contributed by atoms with Crippen LogP contribution in [0.4, 0.5) is 0 Å². The third-order valence-electron chi connectivity index (χ3n) is 7.85. The number of likely N-dealkylation sites (N-methyl/N-ethyl adjacent to an activating group) is 1. The lowest BCUT2D eigenvalue weighted by Gasteiger charge is -2.32. The topological polar surface area (TPSA) is 159 Å². The molecule has 230 valence electrons. The molecule has 6 rings (SSSR count). The van der Waals surface area contributed by atoms with Crippen molar-refractivity contribution in [3.63, 3.8) is 0 Å². The number of hydrogen-bond acceptors (Lipinski definition) is 12. The second kappa shape index (κ2) is 13.1. The summed E-state index contributed by atoms with van der Waals surface area (Å²) in [5.41, 5.74) is 4.72. The fourth-order valence-electron chi connectivity index (χ4n) is 5.34. The van der Waals surface area contributed by atoms with Gasteiger partial charge in [-0.05, 0) is 100 Å². The first-order valence-electron chi connectivity index (χ1n) is 14.6. The lowest BCUT2D eigenvalue weighted by molar-refractivity contribution is 0.148. The summed E-state index contributed by atoms with van der Waals surface area (Å²) >= 11 is 0. The van der Waals surface area contributed by atoms with E-state index in [1.165, 1.54) is 9.58 Å². The maximum absolute atomic E-state index is 11.3. The van der Waals surface area contributed by atoms with Gasteiger partial charge in [-0.1, -0.05) is 24.3 Å². The Kier molecular flexibility index (Phi) is 8.66. The van der Waals surface area contributed by atoms with Crippen LogP contribution in [-0.2, 0) is 6.54 Å². The van der Waals surface area contributed by atoms with Gasteiger partial charge in [0.1, 0.15) is 11.5 Å². The molecule has 14 heteroatoms. The molecule has 2 N–H and O–H groups in total. The molecule has 0 amide bonds. The van der Waals surface area contributed by atoms with Gasteiger partial charge in [0.25, 0.3) is 0 Å². The van der Waals surface area contributed by atoms with Crippen LogP contribution in [0.25, 0.3) is 0 Å². The van der Waals surface area contributed by atoms with E-state index in [4.69, 9.17) is 0 Å². The minimum Gasteiger partial charge on any atom is -0.508 e. The Bertz CT molecular complexity index is 1740. The minimum absolute atomic E-state index is 0.0861. The average Bonchev–Trinajstić information content (AvgIpc) is 3.65. The van der Waals surface area contributed by atoms with E-state index < -0.39 is 5.92 Å². The number of nitrogens with zero attached hydrogens (tertiary/aromatic N) is 12. The van der Waals surface area contributed by atoms with E-state index in [-0.39, 0.29) is 11.5 Å². The molecule has 0 aliphatic carbocycles. The van der Waals surface area contributed by atoms with Crippen LogP contribution < -0.4 is 0 Å². The Balaban J connectivity index is 1.42. The minimum atomic E-state index is -0.524. The van der Waals surface area contributed by atoms with Gasteiger partial charge in [0.05, 0.1) is 12.4 Å². The summed E-state index contributed by atoms with van der Waals surface area (Å²) in [5, 5.41) is 54.0. The van der Waals surface area contributed by atoms with Gasteiger partial charge in [0.15, 0.2) is 11.6 Å². The first-order valence-corrected chi connectivity index (χ1v) is 14.6. The molecule has 3 aromatic carbocycles. The van der Waals surface area contributed by atoms with E-state index in [1.807, 2.05) is 24.3 Å². The molecule has 1 aliphatic heterocycles. The van der Waals surface area contributed by atoms with Crippen molar-refractivity contribution in [1.82, 2.24) is 50.4 Å². The van der Waals surface area contributed by atoms with Crippen molar-refractivity contribution in [3.8, 4) is 11.5 Å². The van der Waals surface area contributed by atoms with Gasteiger partial charge < -0.3 is 15.1 Å². The average molecular weight is 607 g/mol. The smallest absolute Gasteiger partial charge is 0.173 e. The zero-order chi connectivity index (χ0) is 31.3. The van der Waals surface area contributed by atoms with E-state index in [0.717, 1.165) is 55.0 Å². The number of aryl methyl sites for hydroxylation is 2. The summed E-state index contributed by atoms with van der Waals surface area (Å²) in [6.07, 6.45) is 3.26. The Labute approximate surface area is 259 Å². The predicted molar refractivity (Wildman–Crippen MR) is 167 cm³/mol. The lowest BCUT2D eigenvalue weighted by atomic mass is 9.82. The molecule has 0 saturated carbocycles. The van der Waals surface area contributed by atoms with Crippen LogP contribution in [0.1, 0.15) is 50.9 Å². The highest BCUT2D eigenvalue weighted by Gasteiger charge is 2.25. The molecule has 2 aromatic heterocycles. The third-order valence-corrected chi connectivity index (χ3v) is 7.85. The van der Waals surface area contributed by atoms with Gasteiger partial charge in [-0.25, -0.2) is 0 Å². The van der Waals surface area contributed by atoms with Gasteiger partial charge in [-0.2, -0.15) is 10.2 Å². The van der Waals surface area contributed by atoms with Crippen LogP contribution in [0.3, 0.4) is 0 Å². The van der Waals surface area contributed by atoms with Crippen LogP contribution in [-0.4, -0.2) is 106 Å². The SMILES string of the molecule is Cc1nnnn1/N=C/c1ccc(O)c(C(c2cccc(CN3CCN(C)CC3)c2)c2cc(/C=N/n3nnnc3C)ccc2O)c1. The number of aromatic hydroxyl groups is 2. The molecule has 0 atom stereocenters. The number of piperazine rings is 1. The van der Waals surface area contributed by atoms with Crippen molar-refractivity contribution in [3.05, 3.63) is 106 Å². The lowest BCUT2D eigenvalue weighted by Crippen LogP contribution is -2.43. The molecule has 3 heterocycles. The number of hydrogen-bond donors (Lipinski definition) is 2. The number of phenols is 2. The summed E-state index contributed by atoms with van der Waals surface area (Å²) in [6, 6.07) is 18.8. The molecule has 1 aliphatic rings. The van der Waals surface area contributed by atoms with Crippen molar-refractivity contribution in [2.45, 2.75) is 26.3 Å². The van der Waals surface area contributed by atoms with E-state index in [1.54, 1.807) is 50.5 Å². The molecular weight excluding hydrogens is 572 g/mol.